The topological polar surface area (TPSA) is 20.3 Å². The van der Waals surface area contributed by atoms with Gasteiger partial charge in [0.05, 0.1) is 0 Å². The third-order valence-electron chi connectivity index (χ3n) is 4.84. The second-order valence-electron chi connectivity index (χ2n) is 6.75. The molecule has 0 saturated carbocycles. The Hall–Kier alpha value is -2.84. The summed E-state index contributed by atoms with van der Waals surface area (Å²) in [4.78, 5) is 14.3. The second kappa shape index (κ2) is 7.81. The zero-order chi connectivity index (χ0) is 18.6. The Labute approximate surface area is 164 Å². The molecule has 0 fully saturated rings. The Morgan fingerprint density at radius 2 is 1.11 bits per heavy atom. The van der Waals surface area contributed by atoms with Crippen LogP contribution in [0.15, 0.2) is 84.9 Å². The molecule has 4 aromatic rings. The van der Waals surface area contributed by atoms with Gasteiger partial charge in [0.2, 0.25) is 5.91 Å². The molecular weight excluding hydrogens is 354 g/mol. The van der Waals surface area contributed by atoms with Crippen molar-refractivity contribution < 1.29 is 4.79 Å². The van der Waals surface area contributed by atoms with Gasteiger partial charge >= 0.3 is 0 Å². The van der Waals surface area contributed by atoms with Crippen molar-refractivity contribution in [2.45, 2.75) is 13.1 Å². The summed E-state index contributed by atoms with van der Waals surface area (Å²) >= 11 is 5.88. The number of hydrogen-bond donors (Lipinski definition) is 0. The number of benzene rings is 4. The van der Waals surface area contributed by atoms with Crippen molar-refractivity contribution in [2.24, 2.45) is 0 Å². The average molecular weight is 374 g/mol. The number of carbonyl (C=O) groups is 1. The van der Waals surface area contributed by atoms with Crippen LogP contribution < -0.4 is 0 Å². The molecule has 1 amide bonds. The van der Waals surface area contributed by atoms with Crippen LogP contribution in [-0.4, -0.2) is 16.7 Å². The van der Waals surface area contributed by atoms with Crippen molar-refractivity contribution in [2.75, 3.05) is 5.88 Å². The number of amides is 1. The van der Waals surface area contributed by atoms with Crippen LogP contribution in [-0.2, 0) is 17.9 Å². The van der Waals surface area contributed by atoms with Crippen LogP contribution in [0.2, 0.25) is 0 Å². The van der Waals surface area contributed by atoms with Crippen LogP contribution in [0, 0.1) is 0 Å². The van der Waals surface area contributed by atoms with Gasteiger partial charge in [0.25, 0.3) is 0 Å². The highest BCUT2D eigenvalue weighted by Crippen LogP contribution is 2.20. The fourth-order valence-electron chi connectivity index (χ4n) is 3.43. The van der Waals surface area contributed by atoms with E-state index in [1.807, 2.05) is 29.2 Å². The molecule has 4 aromatic carbocycles. The summed E-state index contributed by atoms with van der Waals surface area (Å²) in [5.41, 5.74) is 2.21. The molecule has 0 aromatic heterocycles. The predicted octanol–water partition coefficient (Wildman–Crippen LogP) is 5.76. The summed E-state index contributed by atoms with van der Waals surface area (Å²) in [7, 11) is 0. The fourth-order valence-corrected chi connectivity index (χ4v) is 3.60. The van der Waals surface area contributed by atoms with Crippen LogP contribution in [0.4, 0.5) is 0 Å². The molecule has 0 aliphatic carbocycles. The number of fused-ring (bicyclic) bond motifs is 2. The highest BCUT2D eigenvalue weighted by Gasteiger charge is 2.14. The first-order chi connectivity index (χ1) is 13.2. The van der Waals surface area contributed by atoms with Crippen LogP contribution in [0.1, 0.15) is 11.1 Å². The molecule has 0 atom stereocenters. The third-order valence-corrected chi connectivity index (χ3v) is 5.07. The molecule has 134 valence electrons. The number of hydrogen-bond acceptors (Lipinski definition) is 1. The quantitative estimate of drug-likeness (QED) is 0.407. The Morgan fingerprint density at radius 3 is 1.56 bits per heavy atom. The standard InChI is InChI=1S/C24H20ClNO/c25-15-24(27)26(16-18-9-11-20-5-1-3-7-22(20)13-18)17-19-10-12-21-6-2-4-8-23(21)14-19/h1-14H,15-17H2. The minimum absolute atomic E-state index is 0.0127. The van der Waals surface area contributed by atoms with E-state index < -0.39 is 0 Å². The highest BCUT2D eigenvalue weighted by molar-refractivity contribution is 6.27. The molecule has 0 aliphatic rings. The minimum atomic E-state index is -0.0574. The summed E-state index contributed by atoms with van der Waals surface area (Å²) in [5.74, 6) is -0.0702. The van der Waals surface area contributed by atoms with E-state index in [0.29, 0.717) is 13.1 Å². The lowest BCUT2D eigenvalue weighted by Crippen LogP contribution is -2.31. The van der Waals surface area contributed by atoms with Crippen molar-refractivity contribution in [1.29, 1.82) is 0 Å². The lowest BCUT2D eigenvalue weighted by Gasteiger charge is -2.22. The Kier molecular flexibility index (Phi) is 5.08. The van der Waals surface area contributed by atoms with Gasteiger partial charge in [-0.15, -0.1) is 11.6 Å². The van der Waals surface area contributed by atoms with Gasteiger partial charge in [-0.05, 0) is 44.8 Å². The van der Waals surface area contributed by atoms with Gasteiger partial charge in [-0.3, -0.25) is 4.79 Å². The number of halogens is 1. The Balaban J connectivity index is 1.60. The molecule has 0 heterocycles. The van der Waals surface area contributed by atoms with Crippen molar-refractivity contribution in [3.05, 3.63) is 96.1 Å². The van der Waals surface area contributed by atoms with Crippen molar-refractivity contribution in [1.82, 2.24) is 4.90 Å². The van der Waals surface area contributed by atoms with Gasteiger partial charge in [0.15, 0.2) is 0 Å². The molecule has 0 aliphatic heterocycles. The Morgan fingerprint density at radius 1 is 0.667 bits per heavy atom. The van der Waals surface area contributed by atoms with Crippen LogP contribution in [0.3, 0.4) is 0 Å². The summed E-state index contributed by atoms with van der Waals surface area (Å²) in [6.45, 7) is 1.09. The smallest absolute Gasteiger partial charge is 0.238 e. The van der Waals surface area contributed by atoms with Gasteiger partial charge in [-0.25, -0.2) is 0 Å². The molecular formula is C24H20ClNO. The number of alkyl halides is 1. The normalized spacial score (nSPS) is 11.0. The maximum atomic E-state index is 12.4. The van der Waals surface area contributed by atoms with E-state index in [1.54, 1.807) is 0 Å². The fraction of sp³-hybridized carbons (Fsp3) is 0.125. The molecule has 4 rings (SSSR count). The first-order valence-corrected chi connectivity index (χ1v) is 9.55. The van der Waals surface area contributed by atoms with Crippen LogP contribution >= 0.6 is 11.6 Å². The summed E-state index contributed by atoms with van der Waals surface area (Å²) < 4.78 is 0. The van der Waals surface area contributed by atoms with Crippen molar-refractivity contribution >= 4 is 39.1 Å². The van der Waals surface area contributed by atoms with Crippen LogP contribution in [0.5, 0.6) is 0 Å². The SMILES string of the molecule is O=C(CCl)N(Cc1ccc2ccccc2c1)Cc1ccc2ccccc2c1. The van der Waals surface area contributed by atoms with E-state index >= 15 is 0 Å². The Bertz CT molecular complexity index is 1020. The zero-order valence-electron chi connectivity index (χ0n) is 14.9. The molecule has 0 N–H and O–H groups in total. The largest absolute Gasteiger partial charge is 0.333 e. The van der Waals surface area contributed by atoms with Crippen LogP contribution in [0.25, 0.3) is 21.5 Å². The molecule has 2 nitrogen and oxygen atoms in total. The highest BCUT2D eigenvalue weighted by atomic mass is 35.5. The lowest BCUT2D eigenvalue weighted by atomic mass is 10.1. The van der Waals surface area contributed by atoms with Gasteiger partial charge in [0.1, 0.15) is 5.88 Å². The molecule has 0 spiro atoms. The molecule has 0 unspecified atom stereocenters. The van der Waals surface area contributed by atoms with E-state index in [0.717, 1.165) is 11.1 Å². The van der Waals surface area contributed by atoms with E-state index in [4.69, 9.17) is 11.6 Å². The van der Waals surface area contributed by atoms with E-state index in [-0.39, 0.29) is 11.8 Å². The maximum absolute atomic E-state index is 12.4. The minimum Gasteiger partial charge on any atom is -0.333 e. The number of nitrogens with zero attached hydrogens (tertiary/aromatic N) is 1. The monoisotopic (exact) mass is 373 g/mol. The van der Waals surface area contributed by atoms with E-state index in [9.17, 15) is 4.79 Å². The van der Waals surface area contributed by atoms with E-state index in [2.05, 4.69) is 60.7 Å². The van der Waals surface area contributed by atoms with Gasteiger partial charge < -0.3 is 4.90 Å². The summed E-state index contributed by atoms with van der Waals surface area (Å²) in [6.07, 6.45) is 0. The molecule has 0 saturated heterocycles. The maximum Gasteiger partial charge on any atom is 0.238 e. The number of rotatable bonds is 5. The predicted molar refractivity (Wildman–Crippen MR) is 113 cm³/mol. The first-order valence-electron chi connectivity index (χ1n) is 9.02. The van der Waals surface area contributed by atoms with Gasteiger partial charge in [-0.1, -0.05) is 72.8 Å². The van der Waals surface area contributed by atoms with Gasteiger partial charge in [0, 0.05) is 13.1 Å². The zero-order valence-corrected chi connectivity index (χ0v) is 15.7. The lowest BCUT2D eigenvalue weighted by molar-refractivity contribution is -0.129. The molecule has 0 radical (unpaired) electrons. The molecule has 3 heteroatoms. The van der Waals surface area contributed by atoms with Gasteiger partial charge in [-0.2, -0.15) is 0 Å². The van der Waals surface area contributed by atoms with Crippen molar-refractivity contribution in [3.63, 3.8) is 0 Å². The van der Waals surface area contributed by atoms with Crippen molar-refractivity contribution in [3.8, 4) is 0 Å². The molecule has 0 bridgehead atoms. The molecule has 27 heavy (non-hydrogen) atoms. The second-order valence-corrected chi connectivity index (χ2v) is 7.01. The first kappa shape index (κ1) is 17.6. The third kappa shape index (κ3) is 3.96. The summed E-state index contributed by atoms with van der Waals surface area (Å²) in [6, 6.07) is 29.1. The average Bonchev–Trinajstić information content (AvgIpc) is 2.72. The van der Waals surface area contributed by atoms with E-state index in [1.165, 1.54) is 21.5 Å². The number of carbonyl (C=O) groups excluding carboxylic acids is 1. The summed E-state index contributed by atoms with van der Waals surface area (Å²) in [5, 5.41) is 4.76.